The van der Waals surface area contributed by atoms with Crippen molar-refractivity contribution < 1.29 is 9.53 Å². The summed E-state index contributed by atoms with van der Waals surface area (Å²) in [6.45, 7) is 5.16. The van der Waals surface area contributed by atoms with Crippen molar-refractivity contribution in [2.75, 3.05) is 39.4 Å². The Morgan fingerprint density at radius 3 is 2.68 bits per heavy atom. The molecule has 1 aliphatic heterocycles. The molecule has 0 spiro atoms. The highest BCUT2D eigenvalue weighted by Crippen LogP contribution is 2.22. The van der Waals surface area contributed by atoms with Gasteiger partial charge in [0.1, 0.15) is 4.99 Å². The molecule has 0 amide bonds. The van der Waals surface area contributed by atoms with Crippen LogP contribution in [0.4, 0.5) is 0 Å². The molecule has 120 valence electrons. The fourth-order valence-corrected chi connectivity index (χ4v) is 2.70. The van der Waals surface area contributed by atoms with E-state index in [2.05, 4.69) is 10.2 Å². The Hall–Kier alpha value is -0.720. The predicted molar refractivity (Wildman–Crippen MR) is 93.3 cm³/mol. The highest BCUT2D eigenvalue weighted by molar-refractivity contribution is 7.82. The SMILES string of the molecule is O=C(C(=S)NCCCN1CCOCC1)c1ccc(Cl)c(Cl)c1. The molecule has 0 atom stereocenters. The molecule has 22 heavy (non-hydrogen) atoms. The fraction of sp³-hybridized carbons (Fsp3) is 0.467. The molecule has 0 unspecified atom stereocenters. The molecule has 1 aromatic carbocycles. The van der Waals surface area contributed by atoms with Crippen LogP contribution < -0.4 is 5.32 Å². The lowest BCUT2D eigenvalue weighted by atomic mass is 10.1. The summed E-state index contributed by atoms with van der Waals surface area (Å²) in [6, 6.07) is 4.75. The van der Waals surface area contributed by atoms with E-state index in [1.54, 1.807) is 12.1 Å². The molecule has 0 saturated carbocycles. The van der Waals surface area contributed by atoms with Gasteiger partial charge in [0.25, 0.3) is 0 Å². The Labute approximate surface area is 145 Å². The predicted octanol–water partition coefficient (Wildman–Crippen LogP) is 2.82. The smallest absolute Gasteiger partial charge is 0.220 e. The van der Waals surface area contributed by atoms with Gasteiger partial charge in [0.15, 0.2) is 0 Å². The minimum absolute atomic E-state index is 0.209. The fourth-order valence-electron chi connectivity index (χ4n) is 2.18. The largest absolute Gasteiger partial charge is 0.379 e. The Morgan fingerprint density at radius 2 is 2.00 bits per heavy atom. The Balaban J connectivity index is 1.74. The maximum atomic E-state index is 12.2. The van der Waals surface area contributed by atoms with Gasteiger partial charge in [-0.3, -0.25) is 9.69 Å². The number of benzene rings is 1. The van der Waals surface area contributed by atoms with Crippen molar-refractivity contribution in [3.8, 4) is 0 Å². The Morgan fingerprint density at radius 1 is 1.27 bits per heavy atom. The first-order valence-corrected chi connectivity index (χ1v) is 8.32. The number of carbonyl (C=O) groups excluding carboxylic acids is 1. The summed E-state index contributed by atoms with van der Waals surface area (Å²) >= 11 is 16.9. The van der Waals surface area contributed by atoms with Crippen LogP contribution in [0.5, 0.6) is 0 Å². The number of nitrogens with one attached hydrogen (secondary N) is 1. The second-order valence-electron chi connectivity index (χ2n) is 5.02. The minimum Gasteiger partial charge on any atom is -0.379 e. The first-order chi connectivity index (χ1) is 10.6. The van der Waals surface area contributed by atoms with Crippen LogP contribution in [0.25, 0.3) is 0 Å². The standard InChI is InChI=1S/C15H18Cl2N2O2S/c16-12-3-2-11(10-13(12)17)14(20)15(22)18-4-1-5-19-6-8-21-9-7-19/h2-3,10H,1,4-9H2,(H,18,22). The van der Waals surface area contributed by atoms with Crippen LogP contribution in [0, 0.1) is 0 Å². The van der Waals surface area contributed by atoms with Gasteiger partial charge in [-0.15, -0.1) is 0 Å². The zero-order valence-electron chi connectivity index (χ0n) is 12.1. The molecule has 1 saturated heterocycles. The topological polar surface area (TPSA) is 41.6 Å². The van der Waals surface area contributed by atoms with Crippen molar-refractivity contribution in [3.63, 3.8) is 0 Å². The van der Waals surface area contributed by atoms with E-state index in [0.29, 0.717) is 22.2 Å². The van der Waals surface area contributed by atoms with Crippen molar-refractivity contribution in [2.45, 2.75) is 6.42 Å². The van der Waals surface area contributed by atoms with Crippen molar-refractivity contribution in [3.05, 3.63) is 33.8 Å². The number of thiocarbonyl (C=S) groups is 1. The lowest BCUT2D eigenvalue weighted by molar-refractivity contribution is 0.0376. The second kappa shape index (κ2) is 8.79. The summed E-state index contributed by atoms with van der Waals surface area (Å²) in [4.78, 5) is 14.7. The van der Waals surface area contributed by atoms with Crippen LogP contribution >= 0.6 is 35.4 Å². The summed E-state index contributed by atoms with van der Waals surface area (Å²) in [5.74, 6) is -0.236. The Kier molecular flexibility index (Phi) is 7.05. The quantitative estimate of drug-likeness (QED) is 0.480. The summed E-state index contributed by atoms with van der Waals surface area (Å²) < 4.78 is 5.30. The number of ether oxygens (including phenoxy) is 1. The lowest BCUT2D eigenvalue weighted by Crippen LogP contribution is -2.38. The number of halogens is 2. The van der Waals surface area contributed by atoms with Gasteiger partial charge in [-0.05, 0) is 31.2 Å². The van der Waals surface area contributed by atoms with Crippen molar-refractivity contribution in [2.24, 2.45) is 0 Å². The van der Waals surface area contributed by atoms with Gasteiger partial charge < -0.3 is 10.1 Å². The number of rotatable bonds is 6. The van der Waals surface area contributed by atoms with E-state index in [1.807, 2.05) is 0 Å². The van der Waals surface area contributed by atoms with Crippen LogP contribution in [-0.4, -0.2) is 55.1 Å². The van der Waals surface area contributed by atoms with Crippen LogP contribution in [0.3, 0.4) is 0 Å². The van der Waals surface area contributed by atoms with Crippen molar-refractivity contribution in [1.29, 1.82) is 0 Å². The molecule has 0 aromatic heterocycles. The molecule has 1 N–H and O–H groups in total. The third-order valence-corrected chi connectivity index (χ3v) is 4.50. The lowest BCUT2D eigenvalue weighted by Gasteiger charge is -2.26. The van der Waals surface area contributed by atoms with E-state index in [-0.39, 0.29) is 10.8 Å². The van der Waals surface area contributed by atoms with E-state index in [4.69, 9.17) is 40.2 Å². The molecule has 0 aliphatic carbocycles. The van der Waals surface area contributed by atoms with E-state index in [0.717, 1.165) is 39.3 Å². The van der Waals surface area contributed by atoms with Gasteiger partial charge >= 0.3 is 0 Å². The zero-order chi connectivity index (χ0) is 15.9. The number of nitrogens with zero attached hydrogens (tertiary/aromatic N) is 1. The van der Waals surface area contributed by atoms with E-state index < -0.39 is 0 Å². The summed E-state index contributed by atoms with van der Waals surface area (Å²) in [7, 11) is 0. The molecule has 7 heteroatoms. The van der Waals surface area contributed by atoms with Gasteiger partial charge in [-0.2, -0.15) is 0 Å². The van der Waals surface area contributed by atoms with E-state index in [1.165, 1.54) is 6.07 Å². The monoisotopic (exact) mass is 360 g/mol. The number of Topliss-reactive ketones (excluding diaryl/α,β-unsaturated/α-hetero) is 1. The van der Waals surface area contributed by atoms with Crippen LogP contribution in [0.2, 0.25) is 10.0 Å². The van der Waals surface area contributed by atoms with Crippen LogP contribution in [0.1, 0.15) is 16.8 Å². The molecule has 4 nitrogen and oxygen atoms in total. The average molecular weight is 361 g/mol. The second-order valence-corrected chi connectivity index (χ2v) is 6.24. The molecule has 1 aliphatic rings. The van der Waals surface area contributed by atoms with Gasteiger partial charge in [0, 0.05) is 25.2 Å². The van der Waals surface area contributed by atoms with Crippen LogP contribution in [-0.2, 0) is 4.74 Å². The summed E-state index contributed by atoms with van der Waals surface area (Å²) in [6.07, 6.45) is 0.925. The molecular formula is C15H18Cl2N2O2S. The highest BCUT2D eigenvalue weighted by atomic mass is 35.5. The molecule has 1 fully saturated rings. The molecule has 0 radical (unpaired) electrons. The normalized spacial score (nSPS) is 15.5. The molecule has 2 rings (SSSR count). The van der Waals surface area contributed by atoms with Crippen LogP contribution in [0.15, 0.2) is 18.2 Å². The summed E-state index contributed by atoms with van der Waals surface area (Å²) in [5.41, 5.74) is 0.445. The third-order valence-electron chi connectivity index (χ3n) is 3.43. The zero-order valence-corrected chi connectivity index (χ0v) is 14.4. The highest BCUT2D eigenvalue weighted by Gasteiger charge is 2.14. The molecule has 0 bridgehead atoms. The number of carbonyl (C=O) groups is 1. The van der Waals surface area contributed by atoms with Gasteiger partial charge in [-0.1, -0.05) is 35.4 Å². The molecule has 1 heterocycles. The van der Waals surface area contributed by atoms with Gasteiger partial charge in [-0.25, -0.2) is 0 Å². The first kappa shape index (κ1) is 17.6. The van der Waals surface area contributed by atoms with E-state index in [9.17, 15) is 4.79 Å². The maximum absolute atomic E-state index is 12.2. The van der Waals surface area contributed by atoms with E-state index >= 15 is 0 Å². The van der Waals surface area contributed by atoms with Gasteiger partial charge in [0.2, 0.25) is 5.78 Å². The summed E-state index contributed by atoms with van der Waals surface area (Å²) in [5, 5.41) is 3.77. The molecular weight excluding hydrogens is 343 g/mol. The van der Waals surface area contributed by atoms with Crippen molar-refractivity contribution >= 4 is 46.2 Å². The minimum atomic E-state index is -0.236. The number of ketones is 1. The first-order valence-electron chi connectivity index (χ1n) is 7.15. The molecule has 1 aromatic rings. The number of morpholine rings is 1. The number of hydrogen-bond donors (Lipinski definition) is 1. The number of hydrogen-bond acceptors (Lipinski definition) is 4. The van der Waals surface area contributed by atoms with Gasteiger partial charge in [0.05, 0.1) is 23.3 Å². The van der Waals surface area contributed by atoms with Crippen molar-refractivity contribution in [1.82, 2.24) is 10.2 Å². The third kappa shape index (κ3) is 5.18. The Bertz CT molecular complexity index is 548. The average Bonchev–Trinajstić information content (AvgIpc) is 2.54. The maximum Gasteiger partial charge on any atom is 0.220 e.